The van der Waals surface area contributed by atoms with Gasteiger partial charge >= 0.3 is 51.1 Å². The largest absolute Gasteiger partial charge is 0.460 e. The fourth-order valence-electron chi connectivity index (χ4n) is 1.15. The van der Waals surface area contributed by atoms with Gasteiger partial charge in [0.1, 0.15) is 0 Å². The molecule has 0 aliphatic heterocycles. The Labute approximate surface area is 126 Å². The van der Waals surface area contributed by atoms with Gasteiger partial charge in [0.15, 0.2) is 0 Å². The average molecular weight is 430 g/mol. The molecule has 0 aromatic carbocycles. The highest BCUT2D eigenvalue weighted by molar-refractivity contribution is 7.88. The van der Waals surface area contributed by atoms with Gasteiger partial charge in [0.25, 0.3) is 0 Å². The van der Waals surface area contributed by atoms with E-state index >= 15 is 0 Å². The number of hydrogen-bond acceptors (Lipinski definition) is 3. The third-order valence-electron chi connectivity index (χ3n) is 2.53. The van der Waals surface area contributed by atoms with Crippen molar-refractivity contribution in [3.8, 4) is 0 Å². The minimum atomic E-state index is -8.44. The molecule has 0 aromatic heterocycles. The maximum Gasteiger partial charge on any atom is 0.460 e. The number of carbonyl (C=O) groups excluding carboxylic acids is 1. The third-order valence-corrected chi connectivity index (χ3v) is 3.62. The van der Waals surface area contributed by atoms with Crippen molar-refractivity contribution in [3.05, 3.63) is 0 Å². The monoisotopic (exact) mass is 430 g/mol. The molecule has 1 atom stereocenters. The van der Waals surface area contributed by atoms with Gasteiger partial charge in [-0.2, -0.15) is 61.1 Å². The van der Waals surface area contributed by atoms with Gasteiger partial charge in [-0.1, -0.05) is 0 Å². The Kier molecular flexibility index (Phi) is 5.26. The van der Waals surface area contributed by atoms with E-state index in [2.05, 4.69) is 0 Å². The summed E-state index contributed by atoms with van der Waals surface area (Å²) in [5.74, 6) is -33.1. The van der Waals surface area contributed by atoms with Crippen molar-refractivity contribution in [2.75, 3.05) is 0 Å². The number of rotatable bonds is 6. The second-order valence-electron chi connectivity index (χ2n) is 4.10. The number of halogens is 14. The molecule has 0 fully saturated rings. The summed E-state index contributed by atoms with van der Waals surface area (Å²) in [5, 5.41) is -7.55. The summed E-state index contributed by atoms with van der Waals surface area (Å²) in [5.41, 5.74) is 0. The minimum Gasteiger partial charge on any atom is -0.256 e. The lowest BCUT2D eigenvalue weighted by Crippen LogP contribution is -2.72. The molecule has 3 nitrogen and oxygen atoms in total. The Morgan fingerprint density at radius 3 is 1.08 bits per heavy atom. The van der Waals surface area contributed by atoms with Gasteiger partial charge < -0.3 is 0 Å². The second kappa shape index (κ2) is 5.57. The molecule has 0 spiro atoms. The van der Waals surface area contributed by atoms with Crippen LogP contribution < -0.4 is 0 Å². The van der Waals surface area contributed by atoms with Crippen LogP contribution in [-0.4, -0.2) is 49.3 Å². The van der Waals surface area contributed by atoms with Crippen LogP contribution in [0, 0.1) is 0 Å². The number of hydrogen-bond donors (Lipinski definition) is 0. The predicted molar refractivity (Wildman–Crippen MR) is 45.8 cm³/mol. The molecule has 0 aliphatic carbocycles. The molecule has 0 aromatic rings. The van der Waals surface area contributed by atoms with Crippen molar-refractivity contribution in [1.82, 2.24) is 0 Å². The van der Waals surface area contributed by atoms with Gasteiger partial charge in [-0.3, -0.25) is 4.79 Å². The van der Waals surface area contributed by atoms with E-state index in [1.807, 2.05) is 0 Å². The molecule has 150 valence electrons. The summed E-state index contributed by atoms with van der Waals surface area (Å²) in [4.78, 5) is 9.85. The Hall–Kier alpha value is -1.36. The van der Waals surface area contributed by atoms with Crippen LogP contribution in [0.1, 0.15) is 0 Å². The van der Waals surface area contributed by atoms with Crippen LogP contribution in [0.5, 0.6) is 0 Å². The summed E-state index contributed by atoms with van der Waals surface area (Å²) in [6.45, 7) is 0. The predicted octanol–water partition coefficient (Wildman–Crippen LogP) is 3.55. The Morgan fingerprint density at radius 1 is 0.600 bits per heavy atom. The number of carbonyl (C=O) groups is 1. The normalized spacial score (nSPS) is 18.0. The molecule has 0 rings (SSSR count). The molecule has 0 bridgehead atoms. The molecule has 0 aliphatic rings. The first-order valence-electron chi connectivity index (χ1n) is 4.85. The molecule has 1 unspecified atom stereocenters. The second-order valence-corrected chi connectivity index (χ2v) is 5.54. The van der Waals surface area contributed by atoms with Crippen LogP contribution in [0.4, 0.5) is 61.0 Å². The van der Waals surface area contributed by atoms with Gasteiger partial charge in [0.05, 0.1) is 0 Å². The molecule has 0 saturated heterocycles. The smallest absolute Gasteiger partial charge is 0.256 e. The van der Waals surface area contributed by atoms with Crippen molar-refractivity contribution in [1.29, 1.82) is 0 Å². The maximum absolute atomic E-state index is 13.1. The van der Waals surface area contributed by atoms with E-state index in [-0.39, 0.29) is 0 Å². The van der Waals surface area contributed by atoms with E-state index in [4.69, 9.17) is 0 Å². The number of alkyl halides is 12. The molecule has 0 heterocycles. The van der Waals surface area contributed by atoms with Gasteiger partial charge in [-0.05, 0) is 0 Å². The maximum atomic E-state index is 13.1. The Balaban J connectivity index is 6.83. The lowest BCUT2D eigenvalue weighted by atomic mass is 9.95. The van der Waals surface area contributed by atoms with Crippen molar-refractivity contribution in [2.24, 2.45) is 0 Å². The quantitative estimate of drug-likeness (QED) is 0.479. The zero-order valence-corrected chi connectivity index (χ0v) is 11.2. The van der Waals surface area contributed by atoms with Crippen molar-refractivity contribution >= 4 is 16.3 Å². The zero-order chi connectivity index (χ0) is 21.1. The van der Waals surface area contributed by atoms with E-state index in [1.54, 1.807) is 0 Å². The highest BCUT2D eigenvalue weighted by Gasteiger charge is 2.93. The summed E-state index contributed by atoms with van der Waals surface area (Å²) in [6, 6.07) is -4.93. The SMILES string of the molecule is O=C(F)C(F)(C(F)(F)C(F)(F)C(F)(F)C(F)(F)C(F)(F)F)S(=O)(=O)F. The van der Waals surface area contributed by atoms with Gasteiger partial charge in [-0.25, -0.2) is 4.39 Å². The first-order valence-corrected chi connectivity index (χ1v) is 6.24. The fourth-order valence-corrected chi connectivity index (χ4v) is 1.77. The Bertz CT molecular complexity index is 648. The molecular formula is C7F14O3S. The molecule has 0 saturated carbocycles. The van der Waals surface area contributed by atoms with Gasteiger partial charge in [-0.15, -0.1) is 3.89 Å². The van der Waals surface area contributed by atoms with Crippen LogP contribution in [-0.2, 0) is 15.0 Å². The topological polar surface area (TPSA) is 51.2 Å². The van der Waals surface area contributed by atoms with E-state index < -0.39 is 51.1 Å². The minimum absolute atomic E-state index is 4.93. The van der Waals surface area contributed by atoms with Crippen molar-refractivity contribution in [3.63, 3.8) is 0 Å². The Morgan fingerprint density at radius 2 is 0.880 bits per heavy atom. The molecule has 18 heteroatoms. The average Bonchev–Trinajstić information content (AvgIpc) is 2.33. The van der Waals surface area contributed by atoms with Crippen LogP contribution in [0.2, 0.25) is 0 Å². The van der Waals surface area contributed by atoms with Crippen LogP contribution >= 0.6 is 0 Å². The first kappa shape index (κ1) is 23.6. The van der Waals surface area contributed by atoms with Crippen LogP contribution in [0.25, 0.3) is 0 Å². The van der Waals surface area contributed by atoms with E-state index in [0.717, 1.165) is 0 Å². The standard InChI is InChI=1S/C7F14O3S/c8-1(22)2(9,25(21,23)24)3(10,11)4(12,13)5(14,15)6(16,17)7(18,19)20. The summed E-state index contributed by atoms with van der Waals surface area (Å²) in [7, 11) is -8.23. The van der Waals surface area contributed by atoms with Crippen LogP contribution in [0.3, 0.4) is 0 Å². The van der Waals surface area contributed by atoms with E-state index in [1.165, 1.54) is 0 Å². The molecule has 0 amide bonds. The van der Waals surface area contributed by atoms with E-state index in [9.17, 15) is 74.2 Å². The van der Waals surface area contributed by atoms with Gasteiger partial charge in [0.2, 0.25) is 0 Å². The highest BCUT2D eigenvalue weighted by atomic mass is 32.3. The lowest BCUT2D eigenvalue weighted by molar-refractivity contribution is -0.427. The molecule has 25 heavy (non-hydrogen) atoms. The van der Waals surface area contributed by atoms with E-state index in [0.29, 0.717) is 0 Å². The molecule has 0 N–H and O–H groups in total. The lowest BCUT2D eigenvalue weighted by Gasteiger charge is -2.39. The molecule has 0 radical (unpaired) electrons. The summed E-state index contributed by atoms with van der Waals surface area (Å²) < 4.78 is 195. The fraction of sp³-hybridized carbons (Fsp3) is 0.857. The van der Waals surface area contributed by atoms with Gasteiger partial charge in [0, 0.05) is 0 Å². The van der Waals surface area contributed by atoms with Crippen LogP contribution in [0.15, 0.2) is 0 Å². The highest BCUT2D eigenvalue weighted by Crippen LogP contribution is 2.61. The zero-order valence-electron chi connectivity index (χ0n) is 10.4. The van der Waals surface area contributed by atoms with Crippen molar-refractivity contribution < 1.29 is 74.2 Å². The summed E-state index contributed by atoms with van der Waals surface area (Å²) >= 11 is 0. The molecular weight excluding hydrogens is 430 g/mol. The van der Waals surface area contributed by atoms with Crippen molar-refractivity contribution in [2.45, 2.75) is 34.9 Å². The third kappa shape index (κ3) is 2.80. The summed E-state index contributed by atoms with van der Waals surface area (Å²) in [6.07, 6.45) is -7.69. The first-order chi connectivity index (χ1) is 10.4.